The Morgan fingerprint density at radius 2 is 2.12 bits per heavy atom. The number of halogens is 1. The highest BCUT2D eigenvalue weighted by Crippen LogP contribution is 2.23. The van der Waals surface area contributed by atoms with Gasteiger partial charge in [0.15, 0.2) is 0 Å². The van der Waals surface area contributed by atoms with E-state index in [1.54, 1.807) is 23.7 Å². The van der Waals surface area contributed by atoms with Gasteiger partial charge in [0.2, 0.25) is 5.82 Å². The largest absolute Gasteiger partial charge is 0.393 e. The molecule has 24 heavy (non-hydrogen) atoms. The van der Waals surface area contributed by atoms with Gasteiger partial charge in [0, 0.05) is 11.6 Å². The third-order valence-corrected chi connectivity index (χ3v) is 4.60. The summed E-state index contributed by atoms with van der Waals surface area (Å²) < 4.78 is 1.62. The molecule has 7 heteroatoms. The molecule has 0 spiro atoms. The monoisotopic (exact) mass is 348 g/mol. The van der Waals surface area contributed by atoms with Crippen LogP contribution in [0.1, 0.15) is 42.1 Å². The lowest BCUT2D eigenvalue weighted by Crippen LogP contribution is -2.33. The van der Waals surface area contributed by atoms with Crippen LogP contribution in [0.2, 0.25) is 5.02 Å². The number of carbonyl (C=O) groups excluding carboxylic acids is 1. The third kappa shape index (κ3) is 3.94. The highest BCUT2D eigenvalue weighted by molar-refractivity contribution is 6.30. The first-order valence-corrected chi connectivity index (χ1v) is 8.56. The molecule has 6 nitrogen and oxygen atoms in total. The summed E-state index contributed by atoms with van der Waals surface area (Å²) in [5.74, 6) is 0.817. The SMILES string of the molecule is Cc1nc(C(=O)NCC2CCCC(O)C2)nn1-c1ccc(Cl)cc1. The zero-order valence-corrected chi connectivity index (χ0v) is 14.3. The second-order valence-electron chi connectivity index (χ2n) is 6.27. The lowest BCUT2D eigenvalue weighted by molar-refractivity contribution is 0.0866. The summed E-state index contributed by atoms with van der Waals surface area (Å²) in [5, 5.41) is 17.5. The van der Waals surface area contributed by atoms with Gasteiger partial charge in [-0.15, -0.1) is 5.10 Å². The maximum Gasteiger partial charge on any atom is 0.290 e. The van der Waals surface area contributed by atoms with Crippen molar-refractivity contribution >= 4 is 17.5 Å². The number of hydrogen-bond donors (Lipinski definition) is 2. The van der Waals surface area contributed by atoms with E-state index >= 15 is 0 Å². The van der Waals surface area contributed by atoms with Crippen molar-refractivity contribution in [2.75, 3.05) is 6.54 Å². The molecule has 1 aliphatic carbocycles. The highest BCUT2D eigenvalue weighted by Gasteiger charge is 2.22. The Labute approximate surface area is 145 Å². The summed E-state index contributed by atoms with van der Waals surface area (Å²) in [7, 11) is 0. The molecule has 128 valence electrons. The summed E-state index contributed by atoms with van der Waals surface area (Å²) >= 11 is 5.89. The van der Waals surface area contributed by atoms with Crippen molar-refractivity contribution < 1.29 is 9.90 Å². The first-order valence-electron chi connectivity index (χ1n) is 8.19. The van der Waals surface area contributed by atoms with E-state index in [2.05, 4.69) is 15.4 Å². The minimum atomic E-state index is -0.286. The second-order valence-corrected chi connectivity index (χ2v) is 6.70. The van der Waals surface area contributed by atoms with Gasteiger partial charge in [-0.05, 0) is 56.4 Å². The third-order valence-electron chi connectivity index (χ3n) is 4.35. The van der Waals surface area contributed by atoms with Crippen LogP contribution in [0, 0.1) is 12.8 Å². The summed E-state index contributed by atoms with van der Waals surface area (Å²) in [6.45, 7) is 2.35. The smallest absolute Gasteiger partial charge is 0.290 e. The number of amides is 1. The maximum atomic E-state index is 12.3. The van der Waals surface area contributed by atoms with Gasteiger partial charge in [-0.25, -0.2) is 9.67 Å². The number of nitrogens with zero attached hydrogens (tertiary/aromatic N) is 3. The molecule has 1 saturated carbocycles. The van der Waals surface area contributed by atoms with Crippen LogP contribution < -0.4 is 5.32 Å². The van der Waals surface area contributed by atoms with Gasteiger partial charge in [-0.3, -0.25) is 4.79 Å². The van der Waals surface area contributed by atoms with E-state index in [0.717, 1.165) is 31.4 Å². The standard InChI is InChI=1S/C17H21ClN4O2/c1-11-20-16(21-22(11)14-7-5-13(18)6-8-14)17(24)19-10-12-3-2-4-15(23)9-12/h5-8,12,15,23H,2-4,9-10H2,1H3,(H,19,24). The molecule has 1 amide bonds. The van der Waals surface area contributed by atoms with E-state index in [4.69, 9.17) is 11.6 Å². The zero-order valence-electron chi connectivity index (χ0n) is 13.6. The van der Waals surface area contributed by atoms with E-state index in [1.807, 2.05) is 12.1 Å². The van der Waals surface area contributed by atoms with Crippen molar-refractivity contribution in [2.24, 2.45) is 5.92 Å². The highest BCUT2D eigenvalue weighted by atomic mass is 35.5. The van der Waals surface area contributed by atoms with Crippen LogP contribution in [-0.4, -0.2) is 38.4 Å². The molecule has 2 unspecified atom stereocenters. The average molecular weight is 349 g/mol. The van der Waals surface area contributed by atoms with Gasteiger partial charge < -0.3 is 10.4 Å². The topological polar surface area (TPSA) is 80.0 Å². The van der Waals surface area contributed by atoms with Crippen LogP contribution in [-0.2, 0) is 0 Å². The Balaban J connectivity index is 1.65. The quantitative estimate of drug-likeness (QED) is 0.889. The number of carbonyl (C=O) groups is 1. The molecule has 1 aliphatic rings. The van der Waals surface area contributed by atoms with E-state index in [9.17, 15) is 9.90 Å². The fourth-order valence-corrected chi connectivity index (χ4v) is 3.20. The summed E-state index contributed by atoms with van der Waals surface area (Å²) in [6, 6.07) is 7.20. The van der Waals surface area contributed by atoms with Crippen molar-refractivity contribution in [1.82, 2.24) is 20.1 Å². The number of aliphatic hydroxyl groups is 1. The van der Waals surface area contributed by atoms with E-state index < -0.39 is 0 Å². The van der Waals surface area contributed by atoms with Crippen LogP contribution in [0.5, 0.6) is 0 Å². The van der Waals surface area contributed by atoms with E-state index in [0.29, 0.717) is 23.3 Å². The molecule has 2 N–H and O–H groups in total. The normalized spacial score (nSPS) is 20.8. The van der Waals surface area contributed by atoms with E-state index in [1.165, 1.54) is 0 Å². The molecule has 2 atom stereocenters. The second kappa shape index (κ2) is 7.32. The van der Waals surface area contributed by atoms with Gasteiger partial charge in [-0.1, -0.05) is 18.0 Å². The fourth-order valence-electron chi connectivity index (χ4n) is 3.08. The number of benzene rings is 1. The molecular weight excluding hydrogens is 328 g/mol. The van der Waals surface area contributed by atoms with E-state index in [-0.39, 0.29) is 17.8 Å². The number of aryl methyl sites for hydroxylation is 1. The zero-order chi connectivity index (χ0) is 17.1. The molecular formula is C17H21ClN4O2. The minimum Gasteiger partial charge on any atom is -0.393 e. The Morgan fingerprint density at radius 3 is 2.83 bits per heavy atom. The van der Waals surface area contributed by atoms with Gasteiger partial charge in [0.05, 0.1) is 11.8 Å². The lowest BCUT2D eigenvalue weighted by atomic mass is 9.87. The molecule has 0 aliphatic heterocycles. The van der Waals surface area contributed by atoms with Gasteiger partial charge in [0.25, 0.3) is 5.91 Å². The molecule has 0 radical (unpaired) electrons. The molecule has 0 saturated heterocycles. The lowest BCUT2D eigenvalue weighted by Gasteiger charge is -2.25. The van der Waals surface area contributed by atoms with Crippen LogP contribution in [0.4, 0.5) is 0 Å². The minimum absolute atomic E-state index is 0.152. The molecule has 1 heterocycles. The molecule has 0 bridgehead atoms. The Morgan fingerprint density at radius 1 is 1.38 bits per heavy atom. The Kier molecular flexibility index (Phi) is 5.16. The predicted octanol–water partition coefficient (Wildman–Crippen LogP) is 2.51. The molecule has 2 aromatic rings. The van der Waals surface area contributed by atoms with Crippen molar-refractivity contribution in [1.29, 1.82) is 0 Å². The van der Waals surface area contributed by atoms with Crippen LogP contribution in [0.15, 0.2) is 24.3 Å². The Bertz CT molecular complexity index is 714. The fraction of sp³-hybridized carbons (Fsp3) is 0.471. The van der Waals surface area contributed by atoms with Crippen LogP contribution in [0.25, 0.3) is 5.69 Å². The van der Waals surface area contributed by atoms with Crippen molar-refractivity contribution in [3.05, 3.63) is 40.9 Å². The van der Waals surface area contributed by atoms with Crippen LogP contribution >= 0.6 is 11.6 Å². The molecule has 1 aromatic carbocycles. The summed E-state index contributed by atoms with van der Waals surface area (Å²) in [4.78, 5) is 16.5. The maximum absolute atomic E-state index is 12.3. The first kappa shape index (κ1) is 16.9. The number of hydrogen-bond acceptors (Lipinski definition) is 4. The van der Waals surface area contributed by atoms with Crippen molar-refractivity contribution in [2.45, 2.75) is 38.7 Å². The first-order chi connectivity index (χ1) is 11.5. The average Bonchev–Trinajstić information content (AvgIpc) is 2.95. The van der Waals surface area contributed by atoms with Crippen LogP contribution in [0.3, 0.4) is 0 Å². The van der Waals surface area contributed by atoms with Gasteiger partial charge in [-0.2, -0.15) is 0 Å². The number of rotatable bonds is 4. The number of aromatic nitrogens is 3. The van der Waals surface area contributed by atoms with Gasteiger partial charge in [0.1, 0.15) is 5.82 Å². The Hall–Kier alpha value is -1.92. The predicted molar refractivity (Wildman–Crippen MR) is 91.4 cm³/mol. The molecule has 3 rings (SSSR count). The number of nitrogens with one attached hydrogen (secondary N) is 1. The summed E-state index contributed by atoms with van der Waals surface area (Å²) in [5.41, 5.74) is 0.804. The van der Waals surface area contributed by atoms with Gasteiger partial charge >= 0.3 is 0 Å². The molecule has 1 fully saturated rings. The van der Waals surface area contributed by atoms with Crippen molar-refractivity contribution in [3.63, 3.8) is 0 Å². The number of aliphatic hydroxyl groups excluding tert-OH is 1. The summed E-state index contributed by atoms with van der Waals surface area (Å²) in [6.07, 6.45) is 3.39. The van der Waals surface area contributed by atoms with Crippen molar-refractivity contribution in [3.8, 4) is 5.69 Å². The molecule has 1 aromatic heterocycles.